The Balaban J connectivity index is 2.63. The summed E-state index contributed by atoms with van der Waals surface area (Å²) in [5.74, 6) is 0. The smallest absolute Gasteiger partial charge is 0.294 e. The van der Waals surface area contributed by atoms with E-state index in [4.69, 9.17) is 17.3 Å². The fourth-order valence-electron chi connectivity index (χ4n) is 1.46. The molecule has 0 aliphatic rings. The standard InChI is InChI=1S/C11H12ClN3O/c1-6-3-4-8(5-9(6)12)15-11(16)10(13)7(2)14-15/h3-5,14H,13H2,1-2H3. The molecule has 1 aromatic carbocycles. The number of hydrogen-bond donors (Lipinski definition) is 2. The predicted molar refractivity (Wildman–Crippen MR) is 65.3 cm³/mol. The topological polar surface area (TPSA) is 63.8 Å². The number of halogens is 1. The Labute approximate surface area is 97.6 Å². The van der Waals surface area contributed by atoms with Crippen molar-refractivity contribution in [2.24, 2.45) is 0 Å². The number of nitrogens with one attached hydrogen (secondary N) is 1. The zero-order valence-electron chi connectivity index (χ0n) is 9.04. The maximum absolute atomic E-state index is 11.7. The summed E-state index contributed by atoms with van der Waals surface area (Å²) in [6.45, 7) is 3.66. The molecule has 0 radical (unpaired) electrons. The van der Waals surface area contributed by atoms with Crippen molar-refractivity contribution >= 4 is 17.3 Å². The van der Waals surface area contributed by atoms with Gasteiger partial charge < -0.3 is 5.73 Å². The highest BCUT2D eigenvalue weighted by molar-refractivity contribution is 6.31. The number of aromatic amines is 1. The highest BCUT2D eigenvalue weighted by atomic mass is 35.5. The van der Waals surface area contributed by atoms with Crippen LogP contribution in [0.2, 0.25) is 5.02 Å². The van der Waals surface area contributed by atoms with E-state index < -0.39 is 0 Å². The van der Waals surface area contributed by atoms with Gasteiger partial charge in [-0.25, -0.2) is 4.68 Å². The molecule has 3 N–H and O–H groups in total. The maximum atomic E-state index is 11.7. The van der Waals surface area contributed by atoms with Crippen molar-refractivity contribution in [2.75, 3.05) is 5.73 Å². The fraction of sp³-hybridized carbons (Fsp3) is 0.182. The van der Waals surface area contributed by atoms with Crippen LogP contribution in [-0.2, 0) is 0 Å². The van der Waals surface area contributed by atoms with Gasteiger partial charge in [-0.2, -0.15) is 0 Å². The van der Waals surface area contributed by atoms with E-state index in [-0.39, 0.29) is 11.2 Å². The Morgan fingerprint density at radius 2 is 2.06 bits per heavy atom. The second kappa shape index (κ2) is 3.72. The van der Waals surface area contributed by atoms with E-state index in [0.29, 0.717) is 16.4 Å². The molecule has 4 nitrogen and oxygen atoms in total. The van der Waals surface area contributed by atoms with Gasteiger partial charge in [0.1, 0.15) is 5.69 Å². The molecule has 0 bridgehead atoms. The summed E-state index contributed by atoms with van der Waals surface area (Å²) in [6, 6.07) is 5.40. The molecular formula is C11H12ClN3O. The van der Waals surface area contributed by atoms with Gasteiger partial charge in [0.25, 0.3) is 5.56 Å². The lowest BCUT2D eigenvalue weighted by Gasteiger charge is -2.03. The lowest BCUT2D eigenvalue weighted by Crippen LogP contribution is -2.16. The second-order valence-electron chi connectivity index (χ2n) is 3.72. The first-order chi connectivity index (χ1) is 7.50. The molecule has 0 saturated heterocycles. The number of nitrogen functional groups attached to an aromatic ring is 1. The van der Waals surface area contributed by atoms with E-state index in [1.807, 2.05) is 19.1 Å². The molecule has 0 saturated carbocycles. The van der Waals surface area contributed by atoms with Gasteiger partial charge in [-0.1, -0.05) is 17.7 Å². The van der Waals surface area contributed by atoms with Crippen molar-refractivity contribution in [1.29, 1.82) is 0 Å². The molecule has 1 heterocycles. The Morgan fingerprint density at radius 3 is 2.56 bits per heavy atom. The first-order valence-electron chi connectivity index (χ1n) is 4.84. The number of H-pyrrole nitrogens is 1. The number of rotatable bonds is 1. The number of aromatic nitrogens is 2. The van der Waals surface area contributed by atoms with Gasteiger partial charge in [0, 0.05) is 5.02 Å². The Hall–Kier alpha value is -1.68. The van der Waals surface area contributed by atoms with E-state index in [0.717, 1.165) is 5.56 Å². The molecule has 0 aliphatic heterocycles. The molecular weight excluding hydrogens is 226 g/mol. The highest BCUT2D eigenvalue weighted by Crippen LogP contribution is 2.18. The molecule has 5 heteroatoms. The van der Waals surface area contributed by atoms with Crippen LogP contribution in [-0.4, -0.2) is 9.78 Å². The molecule has 0 atom stereocenters. The van der Waals surface area contributed by atoms with Crippen molar-refractivity contribution in [3.8, 4) is 5.69 Å². The van der Waals surface area contributed by atoms with Crippen LogP contribution >= 0.6 is 11.6 Å². The van der Waals surface area contributed by atoms with Gasteiger partial charge in [-0.05, 0) is 31.5 Å². The van der Waals surface area contributed by atoms with Gasteiger partial charge >= 0.3 is 0 Å². The minimum absolute atomic E-state index is 0.233. The number of benzene rings is 1. The molecule has 0 unspecified atom stereocenters. The van der Waals surface area contributed by atoms with Gasteiger partial charge in [-0.15, -0.1) is 0 Å². The van der Waals surface area contributed by atoms with E-state index in [1.165, 1.54) is 4.68 Å². The molecule has 16 heavy (non-hydrogen) atoms. The lowest BCUT2D eigenvalue weighted by atomic mass is 10.2. The minimum atomic E-state index is -0.252. The molecule has 84 valence electrons. The third-order valence-corrected chi connectivity index (χ3v) is 2.94. The van der Waals surface area contributed by atoms with Crippen molar-refractivity contribution in [2.45, 2.75) is 13.8 Å². The van der Waals surface area contributed by atoms with Crippen LogP contribution in [0.4, 0.5) is 5.69 Å². The van der Waals surface area contributed by atoms with Crippen molar-refractivity contribution in [1.82, 2.24) is 9.78 Å². The zero-order valence-corrected chi connectivity index (χ0v) is 9.80. The van der Waals surface area contributed by atoms with E-state index in [1.54, 1.807) is 13.0 Å². The summed E-state index contributed by atoms with van der Waals surface area (Å²) in [5.41, 5.74) is 7.89. The van der Waals surface area contributed by atoms with Crippen LogP contribution in [0.1, 0.15) is 11.3 Å². The first kappa shape index (κ1) is 10.8. The van der Waals surface area contributed by atoms with Crippen LogP contribution < -0.4 is 11.3 Å². The Kier molecular flexibility index (Phi) is 2.52. The average Bonchev–Trinajstić information content (AvgIpc) is 2.50. The SMILES string of the molecule is Cc1ccc(-n2[nH]c(C)c(N)c2=O)cc1Cl. The molecule has 0 aliphatic carbocycles. The summed E-state index contributed by atoms with van der Waals surface area (Å²) in [4.78, 5) is 11.7. The maximum Gasteiger partial charge on any atom is 0.294 e. The molecule has 2 rings (SSSR count). The molecule has 2 aromatic rings. The van der Waals surface area contributed by atoms with E-state index in [2.05, 4.69) is 5.10 Å². The lowest BCUT2D eigenvalue weighted by molar-refractivity contribution is 0.835. The Morgan fingerprint density at radius 1 is 1.38 bits per heavy atom. The largest absolute Gasteiger partial charge is 0.393 e. The van der Waals surface area contributed by atoms with Gasteiger partial charge in [0.05, 0.1) is 11.4 Å². The predicted octanol–water partition coefficient (Wildman–Crippen LogP) is 2.02. The van der Waals surface area contributed by atoms with E-state index in [9.17, 15) is 4.79 Å². The minimum Gasteiger partial charge on any atom is -0.393 e. The zero-order chi connectivity index (χ0) is 11.9. The molecule has 0 amide bonds. The number of nitrogens with zero attached hydrogens (tertiary/aromatic N) is 1. The third-order valence-electron chi connectivity index (χ3n) is 2.53. The van der Waals surface area contributed by atoms with Crippen LogP contribution in [0.5, 0.6) is 0 Å². The summed E-state index contributed by atoms with van der Waals surface area (Å²) >= 11 is 6.00. The third kappa shape index (κ3) is 1.61. The second-order valence-corrected chi connectivity index (χ2v) is 4.13. The summed E-state index contributed by atoms with van der Waals surface area (Å²) in [5, 5.41) is 3.52. The Bertz CT molecular complexity index is 598. The van der Waals surface area contributed by atoms with Crippen molar-refractivity contribution in [3.63, 3.8) is 0 Å². The normalized spacial score (nSPS) is 10.7. The van der Waals surface area contributed by atoms with Crippen LogP contribution in [0.3, 0.4) is 0 Å². The van der Waals surface area contributed by atoms with Crippen LogP contribution in [0, 0.1) is 13.8 Å². The van der Waals surface area contributed by atoms with Crippen molar-refractivity contribution in [3.05, 3.63) is 44.8 Å². The van der Waals surface area contributed by atoms with E-state index >= 15 is 0 Å². The number of hydrogen-bond acceptors (Lipinski definition) is 2. The number of aryl methyl sites for hydroxylation is 2. The summed E-state index contributed by atoms with van der Waals surface area (Å²) in [7, 11) is 0. The molecule has 1 aromatic heterocycles. The fourth-order valence-corrected chi connectivity index (χ4v) is 1.64. The molecule has 0 spiro atoms. The summed E-state index contributed by atoms with van der Waals surface area (Å²) < 4.78 is 1.38. The molecule has 0 fully saturated rings. The van der Waals surface area contributed by atoms with Crippen LogP contribution in [0.15, 0.2) is 23.0 Å². The van der Waals surface area contributed by atoms with Crippen LogP contribution in [0.25, 0.3) is 5.69 Å². The summed E-state index contributed by atoms with van der Waals surface area (Å²) in [6.07, 6.45) is 0. The van der Waals surface area contributed by atoms with Crippen molar-refractivity contribution < 1.29 is 0 Å². The van der Waals surface area contributed by atoms with Gasteiger partial charge in [0.2, 0.25) is 0 Å². The number of nitrogens with two attached hydrogens (primary N) is 1. The monoisotopic (exact) mass is 237 g/mol. The first-order valence-corrected chi connectivity index (χ1v) is 5.22. The van der Waals surface area contributed by atoms with Gasteiger partial charge in [-0.3, -0.25) is 9.89 Å². The quantitative estimate of drug-likeness (QED) is 0.797. The number of anilines is 1. The highest BCUT2D eigenvalue weighted by Gasteiger charge is 2.09. The van der Waals surface area contributed by atoms with Gasteiger partial charge in [0.15, 0.2) is 0 Å². The average molecular weight is 238 g/mol.